The maximum absolute atomic E-state index is 6.16. The Morgan fingerprint density at radius 3 is 2.44 bits per heavy atom. The SMILES string of the molecule is Cc1cc(C)cc(CC(NN)c2sccc2Cl)c1. The quantitative estimate of drug-likeness (QED) is 0.661. The van der Waals surface area contributed by atoms with Gasteiger partial charge in [-0.25, -0.2) is 0 Å². The fourth-order valence-electron chi connectivity index (χ4n) is 2.20. The van der Waals surface area contributed by atoms with E-state index in [4.69, 9.17) is 17.4 Å². The van der Waals surface area contributed by atoms with E-state index in [0.717, 1.165) is 16.3 Å². The van der Waals surface area contributed by atoms with E-state index in [1.54, 1.807) is 11.3 Å². The van der Waals surface area contributed by atoms with Crippen molar-refractivity contribution in [1.29, 1.82) is 0 Å². The van der Waals surface area contributed by atoms with Crippen LogP contribution in [0.15, 0.2) is 29.6 Å². The predicted octanol–water partition coefficient (Wildman–Crippen LogP) is 3.77. The number of halogens is 1. The molecule has 18 heavy (non-hydrogen) atoms. The smallest absolute Gasteiger partial charge is 0.0608 e. The first-order valence-corrected chi connectivity index (χ1v) is 7.12. The van der Waals surface area contributed by atoms with Crippen molar-refractivity contribution in [2.24, 2.45) is 5.84 Å². The van der Waals surface area contributed by atoms with Gasteiger partial charge in [-0.2, -0.15) is 0 Å². The van der Waals surface area contributed by atoms with Gasteiger partial charge in [0.25, 0.3) is 0 Å². The van der Waals surface area contributed by atoms with Gasteiger partial charge in [0, 0.05) is 4.88 Å². The van der Waals surface area contributed by atoms with Crippen LogP contribution in [-0.2, 0) is 6.42 Å². The average Bonchev–Trinajstić information content (AvgIpc) is 2.71. The number of hydrazine groups is 1. The van der Waals surface area contributed by atoms with Gasteiger partial charge in [-0.1, -0.05) is 40.9 Å². The summed E-state index contributed by atoms with van der Waals surface area (Å²) >= 11 is 7.79. The topological polar surface area (TPSA) is 38.0 Å². The summed E-state index contributed by atoms with van der Waals surface area (Å²) in [5.41, 5.74) is 6.69. The fourth-order valence-corrected chi connectivity index (χ4v) is 3.45. The maximum atomic E-state index is 6.16. The minimum atomic E-state index is 0.0682. The molecule has 0 saturated heterocycles. The Kier molecular flexibility index (Phi) is 4.40. The largest absolute Gasteiger partial charge is 0.271 e. The number of rotatable bonds is 4. The molecular formula is C14H17ClN2S. The molecule has 0 fully saturated rings. The number of thiophene rings is 1. The molecule has 2 rings (SSSR count). The lowest BCUT2D eigenvalue weighted by atomic mass is 10.0. The highest BCUT2D eigenvalue weighted by molar-refractivity contribution is 7.10. The zero-order valence-electron chi connectivity index (χ0n) is 10.5. The number of benzene rings is 1. The lowest BCUT2D eigenvalue weighted by molar-refractivity contribution is 0.560. The van der Waals surface area contributed by atoms with Crippen LogP contribution in [0.3, 0.4) is 0 Å². The summed E-state index contributed by atoms with van der Waals surface area (Å²) in [5, 5.41) is 2.77. The van der Waals surface area contributed by atoms with Crippen molar-refractivity contribution in [1.82, 2.24) is 5.43 Å². The fraction of sp³-hybridized carbons (Fsp3) is 0.286. The van der Waals surface area contributed by atoms with Crippen LogP contribution in [0.4, 0.5) is 0 Å². The third kappa shape index (κ3) is 3.12. The van der Waals surface area contributed by atoms with Crippen LogP contribution in [0.2, 0.25) is 5.02 Å². The normalized spacial score (nSPS) is 12.7. The predicted molar refractivity (Wildman–Crippen MR) is 79.0 cm³/mol. The van der Waals surface area contributed by atoms with Gasteiger partial charge < -0.3 is 0 Å². The van der Waals surface area contributed by atoms with Crippen LogP contribution in [0.1, 0.15) is 27.6 Å². The maximum Gasteiger partial charge on any atom is 0.0608 e. The Bertz CT molecular complexity index is 516. The van der Waals surface area contributed by atoms with Crippen molar-refractivity contribution < 1.29 is 0 Å². The summed E-state index contributed by atoms with van der Waals surface area (Å²) in [5.74, 6) is 5.65. The van der Waals surface area contributed by atoms with Crippen molar-refractivity contribution >= 4 is 22.9 Å². The monoisotopic (exact) mass is 280 g/mol. The lowest BCUT2D eigenvalue weighted by Gasteiger charge is -2.16. The van der Waals surface area contributed by atoms with Gasteiger partial charge in [-0.05, 0) is 37.3 Å². The first-order valence-electron chi connectivity index (χ1n) is 5.86. The van der Waals surface area contributed by atoms with Crippen LogP contribution in [-0.4, -0.2) is 0 Å². The molecule has 1 heterocycles. The van der Waals surface area contributed by atoms with Gasteiger partial charge in [-0.3, -0.25) is 11.3 Å². The van der Waals surface area contributed by atoms with Crippen molar-refractivity contribution in [3.63, 3.8) is 0 Å². The van der Waals surface area contributed by atoms with Crippen LogP contribution in [0, 0.1) is 13.8 Å². The second kappa shape index (κ2) is 5.85. The zero-order valence-corrected chi connectivity index (χ0v) is 12.1. The van der Waals surface area contributed by atoms with E-state index >= 15 is 0 Å². The molecule has 0 radical (unpaired) electrons. The number of nitrogens with two attached hydrogens (primary N) is 1. The van der Waals surface area contributed by atoms with E-state index in [1.807, 2.05) is 11.4 Å². The van der Waals surface area contributed by atoms with E-state index in [-0.39, 0.29) is 6.04 Å². The van der Waals surface area contributed by atoms with E-state index in [2.05, 4.69) is 37.5 Å². The molecule has 1 unspecified atom stereocenters. The molecule has 96 valence electrons. The third-order valence-corrected chi connectivity index (χ3v) is 4.36. The van der Waals surface area contributed by atoms with Crippen LogP contribution in [0.5, 0.6) is 0 Å². The zero-order chi connectivity index (χ0) is 13.1. The Hall–Kier alpha value is -0.870. The summed E-state index contributed by atoms with van der Waals surface area (Å²) < 4.78 is 0. The molecule has 0 aliphatic rings. The molecule has 1 aromatic heterocycles. The van der Waals surface area contributed by atoms with Crippen LogP contribution in [0.25, 0.3) is 0 Å². The number of hydrogen-bond acceptors (Lipinski definition) is 3. The highest BCUT2D eigenvalue weighted by atomic mass is 35.5. The lowest BCUT2D eigenvalue weighted by Crippen LogP contribution is -2.29. The summed E-state index contributed by atoms with van der Waals surface area (Å²) in [6.45, 7) is 4.22. The third-order valence-electron chi connectivity index (χ3n) is 2.88. The molecule has 0 saturated carbocycles. The van der Waals surface area contributed by atoms with Gasteiger partial charge >= 0.3 is 0 Å². The van der Waals surface area contributed by atoms with Crippen molar-refractivity contribution in [3.8, 4) is 0 Å². The van der Waals surface area contributed by atoms with Gasteiger partial charge in [0.05, 0.1) is 11.1 Å². The Morgan fingerprint density at radius 2 is 1.94 bits per heavy atom. The second-order valence-electron chi connectivity index (χ2n) is 4.55. The number of aryl methyl sites for hydroxylation is 2. The summed E-state index contributed by atoms with van der Waals surface area (Å²) in [4.78, 5) is 1.10. The second-order valence-corrected chi connectivity index (χ2v) is 5.91. The van der Waals surface area contributed by atoms with Crippen molar-refractivity contribution in [3.05, 3.63) is 56.2 Å². The van der Waals surface area contributed by atoms with E-state index in [9.17, 15) is 0 Å². The first kappa shape index (κ1) is 13.6. The molecule has 2 aromatic rings. The summed E-state index contributed by atoms with van der Waals surface area (Å²) in [6, 6.07) is 8.54. The molecule has 0 spiro atoms. The molecule has 0 aliphatic heterocycles. The first-order chi connectivity index (χ1) is 8.60. The van der Waals surface area contributed by atoms with Crippen molar-refractivity contribution in [2.75, 3.05) is 0 Å². The molecule has 1 aromatic carbocycles. The van der Waals surface area contributed by atoms with E-state index in [0.29, 0.717) is 0 Å². The summed E-state index contributed by atoms with van der Waals surface area (Å²) in [6.07, 6.45) is 0.846. The Morgan fingerprint density at radius 1 is 1.28 bits per heavy atom. The molecule has 0 bridgehead atoms. The van der Waals surface area contributed by atoms with Gasteiger partial charge in [-0.15, -0.1) is 11.3 Å². The number of nitrogens with one attached hydrogen (secondary N) is 1. The molecule has 3 N–H and O–H groups in total. The van der Waals surface area contributed by atoms with Gasteiger partial charge in [0.2, 0.25) is 0 Å². The Labute approximate surface area is 117 Å². The number of hydrogen-bond donors (Lipinski definition) is 2. The van der Waals surface area contributed by atoms with E-state index in [1.165, 1.54) is 16.7 Å². The molecule has 0 aliphatic carbocycles. The van der Waals surface area contributed by atoms with Crippen molar-refractivity contribution in [2.45, 2.75) is 26.3 Å². The standard InChI is InChI=1S/C14H17ClN2S/c1-9-5-10(2)7-11(6-9)8-13(17-16)14-12(15)3-4-18-14/h3-7,13,17H,8,16H2,1-2H3. The van der Waals surface area contributed by atoms with Crippen LogP contribution < -0.4 is 11.3 Å². The van der Waals surface area contributed by atoms with Gasteiger partial charge in [0.1, 0.15) is 0 Å². The van der Waals surface area contributed by atoms with E-state index < -0.39 is 0 Å². The minimum Gasteiger partial charge on any atom is -0.271 e. The summed E-state index contributed by atoms with van der Waals surface area (Å²) in [7, 11) is 0. The Balaban J connectivity index is 2.23. The highest BCUT2D eigenvalue weighted by Gasteiger charge is 2.15. The molecular weight excluding hydrogens is 264 g/mol. The molecule has 2 nitrogen and oxygen atoms in total. The average molecular weight is 281 g/mol. The highest BCUT2D eigenvalue weighted by Crippen LogP contribution is 2.30. The minimum absolute atomic E-state index is 0.0682. The molecule has 0 amide bonds. The van der Waals surface area contributed by atoms with Crippen LogP contribution >= 0.6 is 22.9 Å². The van der Waals surface area contributed by atoms with Gasteiger partial charge in [0.15, 0.2) is 0 Å². The molecule has 1 atom stereocenters. The molecule has 4 heteroatoms.